The van der Waals surface area contributed by atoms with E-state index in [2.05, 4.69) is 4.98 Å². The molecule has 0 bridgehead atoms. The maximum atomic E-state index is 11.8. The molecule has 0 aliphatic carbocycles. The monoisotopic (exact) mass is 319 g/mol. The normalized spacial score (nSPS) is 10.9. The van der Waals surface area contributed by atoms with E-state index < -0.39 is 0 Å². The van der Waals surface area contributed by atoms with E-state index in [4.69, 9.17) is 9.15 Å². The first-order valence-electron chi connectivity index (χ1n) is 6.50. The number of thioether (sulfide) groups is 1. The molecule has 6 heteroatoms. The molecule has 0 amide bonds. The Bertz CT molecular complexity index is 730. The van der Waals surface area contributed by atoms with E-state index in [9.17, 15) is 4.79 Å². The zero-order valence-corrected chi connectivity index (χ0v) is 13.0. The van der Waals surface area contributed by atoms with Gasteiger partial charge in [-0.1, -0.05) is 23.9 Å². The Morgan fingerprint density at radius 2 is 2.24 bits per heavy atom. The number of nitrogens with zero attached hydrogens (tertiary/aromatic N) is 1. The van der Waals surface area contributed by atoms with Crippen molar-refractivity contribution in [1.29, 1.82) is 0 Å². The van der Waals surface area contributed by atoms with E-state index in [1.54, 1.807) is 36.1 Å². The van der Waals surface area contributed by atoms with E-state index in [1.807, 2.05) is 24.3 Å². The second-order valence-electron chi connectivity index (χ2n) is 4.21. The van der Waals surface area contributed by atoms with Crippen molar-refractivity contribution in [2.45, 2.75) is 17.0 Å². The van der Waals surface area contributed by atoms with Gasteiger partial charge in [-0.3, -0.25) is 0 Å². The highest BCUT2D eigenvalue weighted by Crippen LogP contribution is 2.32. The summed E-state index contributed by atoms with van der Waals surface area (Å²) >= 11 is 3.20. The van der Waals surface area contributed by atoms with Crippen LogP contribution in [0, 0.1) is 0 Å². The van der Waals surface area contributed by atoms with Crippen LogP contribution in [-0.4, -0.2) is 17.6 Å². The minimum absolute atomic E-state index is 0.342. The molecule has 0 aliphatic heterocycles. The SMILES string of the molecule is CCOC(=O)c1ccoc1CSc1nc2ccccc2s1. The molecule has 21 heavy (non-hydrogen) atoms. The van der Waals surface area contributed by atoms with Gasteiger partial charge in [-0.25, -0.2) is 9.78 Å². The number of thiazole rings is 1. The van der Waals surface area contributed by atoms with Crippen molar-refractivity contribution in [1.82, 2.24) is 4.98 Å². The van der Waals surface area contributed by atoms with E-state index in [1.165, 1.54) is 6.26 Å². The van der Waals surface area contributed by atoms with E-state index in [0.29, 0.717) is 23.7 Å². The summed E-state index contributed by atoms with van der Waals surface area (Å²) in [5.74, 6) is 0.838. The lowest BCUT2D eigenvalue weighted by Gasteiger charge is -2.01. The average Bonchev–Trinajstić information content (AvgIpc) is 3.11. The van der Waals surface area contributed by atoms with Crippen molar-refractivity contribution in [2.75, 3.05) is 6.61 Å². The van der Waals surface area contributed by atoms with Crippen LogP contribution in [0.4, 0.5) is 0 Å². The van der Waals surface area contributed by atoms with Gasteiger partial charge in [0.15, 0.2) is 4.34 Å². The first-order chi connectivity index (χ1) is 10.3. The molecule has 3 aromatic rings. The van der Waals surface area contributed by atoms with E-state index in [0.717, 1.165) is 14.6 Å². The van der Waals surface area contributed by atoms with Gasteiger partial charge < -0.3 is 9.15 Å². The Balaban J connectivity index is 1.73. The highest BCUT2D eigenvalue weighted by atomic mass is 32.2. The summed E-state index contributed by atoms with van der Waals surface area (Å²) in [6.45, 7) is 2.14. The Morgan fingerprint density at radius 3 is 3.05 bits per heavy atom. The van der Waals surface area contributed by atoms with Crippen LogP contribution in [0.1, 0.15) is 23.0 Å². The van der Waals surface area contributed by atoms with Gasteiger partial charge in [-0.15, -0.1) is 11.3 Å². The maximum absolute atomic E-state index is 11.8. The number of fused-ring (bicyclic) bond motifs is 1. The van der Waals surface area contributed by atoms with Gasteiger partial charge in [0.25, 0.3) is 0 Å². The molecule has 4 nitrogen and oxygen atoms in total. The number of esters is 1. The van der Waals surface area contributed by atoms with Gasteiger partial charge in [-0.05, 0) is 25.1 Å². The summed E-state index contributed by atoms with van der Waals surface area (Å²) in [4.78, 5) is 16.3. The molecule has 0 fully saturated rings. The molecule has 0 unspecified atom stereocenters. The summed E-state index contributed by atoms with van der Waals surface area (Å²) in [6, 6.07) is 9.66. The van der Waals surface area contributed by atoms with Gasteiger partial charge >= 0.3 is 5.97 Å². The van der Waals surface area contributed by atoms with Crippen LogP contribution in [0.25, 0.3) is 10.2 Å². The molecule has 0 aliphatic rings. The molecule has 108 valence electrons. The second-order valence-corrected chi connectivity index (χ2v) is 6.47. The number of carbonyl (C=O) groups excluding carboxylic acids is 1. The van der Waals surface area contributed by atoms with Gasteiger partial charge in [0.05, 0.1) is 28.8 Å². The van der Waals surface area contributed by atoms with Crippen LogP contribution in [0.3, 0.4) is 0 Å². The van der Waals surface area contributed by atoms with Crippen molar-refractivity contribution >= 4 is 39.3 Å². The van der Waals surface area contributed by atoms with Crippen LogP contribution >= 0.6 is 23.1 Å². The van der Waals surface area contributed by atoms with Crippen molar-refractivity contribution in [3.05, 3.63) is 47.9 Å². The zero-order chi connectivity index (χ0) is 14.7. The molecule has 0 saturated heterocycles. The Hall–Kier alpha value is -1.79. The van der Waals surface area contributed by atoms with Crippen LogP contribution in [0.2, 0.25) is 0 Å². The molecule has 1 aromatic carbocycles. The van der Waals surface area contributed by atoms with Crippen molar-refractivity contribution in [2.24, 2.45) is 0 Å². The molecule has 0 radical (unpaired) electrons. The molecule has 2 heterocycles. The number of ether oxygens (including phenoxy) is 1. The number of hydrogen-bond acceptors (Lipinski definition) is 6. The quantitative estimate of drug-likeness (QED) is 0.516. The van der Waals surface area contributed by atoms with Gasteiger partial charge in [0.1, 0.15) is 11.3 Å². The fourth-order valence-corrected chi connectivity index (χ4v) is 3.90. The highest BCUT2D eigenvalue weighted by molar-refractivity contribution is 8.00. The average molecular weight is 319 g/mol. The highest BCUT2D eigenvalue weighted by Gasteiger charge is 2.16. The lowest BCUT2D eigenvalue weighted by molar-refractivity contribution is 0.0524. The number of para-hydroxylation sites is 1. The molecule has 2 aromatic heterocycles. The van der Waals surface area contributed by atoms with Crippen LogP contribution in [0.5, 0.6) is 0 Å². The predicted molar refractivity (Wildman–Crippen MR) is 83.8 cm³/mol. The Kier molecular flexibility index (Phi) is 4.26. The molecule has 0 N–H and O–H groups in total. The minimum atomic E-state index is -0.342. The molecule has 3 rings (SSSR count). The number of carbonyl (C=O) groups is 1. The maximum Gasteiger partial charge on any atom is 0.341 e. The first-order valence-corrected chi connectivity index (χ1v) is 8.30. The predicted octanol–water partition coefficient (Wildman–Crippen LogP) is 4.36. The molecule has 0 atom stereocenters. The number of furan rings is 1. The van der Waals surface area contributed by atoms with E-state index >= 15 is 0 Å². The zero-order valence-electron chi connectivity index (χ0n) is 11.4. The molecule has 0 spiro atoms. The third-order valence-corrected chi connectivity index (χ3v) is 5.02. The van der Waals surface area contributed by atoms with Gasteiger partial charge in [-0.2, -0.15) is 0 Å². The lowest BCUT2D eigenvalue weighted by Crippen LogP contribution is -2.05. The fraction of sp³-hybridized carbons (Fsp3) is 0.200. The van der Waals surface area contributed by atoms with E-state index in [-0.39, 0.29) is 5.97 Å². The number of aromatic nitrogens is 1. The summed E-state index contributed by atoms with van der Waals surface area (Å²) in [5.41, 5.74) is 1.49. The largest absolute Gasteiger partial charge is 0.468 e. The standard InChI is InChI=1S/C15H13NO3S2/c1-2-18-14(17)10-7-8-19-12(10)9-20-15-16-11-5-3-4-6-13(11)21-15/h3-8H,2,9H2,1H3. The van der Waals surface area contributed by atoms with Crippen LogP contribution in [0.15, 0.2) is 45.4 Å². The second kappa shape index (κ2) is 6.32. The van der Waals surface area contributed by atoms with Gasteiger partial charge in [0, 0.05) is 0 Å². The molecular formula is C15H13NO3S2. The number of benzene rings is 1. The minimum Gasteiger partial charge on any atom is -0.468 e. The third kappa shape index (κ3) is 3.11. The lowest BCUT2D eigenvalue weighted by atomic mass is 10.3. The van der Waals surface area contributed by atoms with Crippen molar-refractivity contribution < 1.29 is 13.9 Å². The Labute approximate surface area is 130 Å². The topological polar surface area (TPSA) is 52.3 Å². The van der Waals surface area contributed by atoms with Crippen LogP contribution < -0.4 is 0 Å². The van der Waals surface area contributed by atoms with Crippen LogP contribution in [-0.2, 0) is 10.5 Å². The third-order valence-electron chi connectivity index (χ3n) is 2.84. The summed E-state index contributed by atoms with van der Waals surface area (Å²) in [6.07, 6.45) is 1.51. The molecular weight excluding hydrogens is 306 g/mol. The summed E-state index contributed by atoms with van der Waals surface area (Å²) < 4.78 is 12.5. The van der Waals surface area contributed by atoms with Crippen molar-refractivity contribution in [3.8, 4) is 0 Å². The fourth-order valence-electron chi connectivity index (χ4n) is 1.88. The summed E-state index contributed by atoms with van der Waals surface area (Å²) in [7, 11) is 0. The summed E-state index contributed by atoms with van der Waals surface area (Å²) in [5, 5.41) is 0. The molecule has 0 saturated carbocycles. The Morgan fingerprint density at radius 1 is 1.38 bits per heavy atom. The smallest absolute Gasteiger partial charge is 0.341 e. The van der Waals surface area contributed by atoms with Crippen molar-refractivity contribution in [3.63, 3.8) is 0 Å². The number of hydrogen-bond donors (Lipinski definition) is 0. The first kappa shape index (κ1) is 14.2. The van der Waals surface area contributed by atoms with Gasteiger partial charge in [0.2, 0.25) is 0 Å². The number of rotatable bonds is 5.